The Morgan fingerprint density at radius 3 is 2.39 bits per heavy atom. The van der Waals surface area contributed by atoms with E-state index in [4.69, 9.17) is 9.47 Å². The van der Waals surface area contributed by atoms with Gasteiger partial charge >= 0.3 is 5.97 Å². The van der Waals surface area contributed by atoms with Gasteiger partial charge in [-0.05, 0) is 35.2 Å². The van der Waals surface area contributed by atoms with Gasteiger partial charge in [-0.25, -0.2) is 0 Å². The van der Waals surface area contributed by atoms with E-state index in [-0.39, 0.29) is 24.2 Å². The third kappa shape index (κ3) is 5.97. The van der Waals surface area contributed by atoms with Crippen LogP contribution >= 0.6 is 0 Å². The van der Waals surface area contributed by atoms with Crippen molar-refractivity contribution in [3.8, 4) is 5.75 Å². The molecule has 2 amide bonds. The molecular weight excluding hydrogens is 424 g/mol. The average Bonchev–Trinajstić information content (AvgIpc) is 3.16. The Bertz CT molecular complexity index is 1060. The minimum absolute atomic E-state index is 0.0170. The highest BCUT2D eigenvalue weighted by atomic mass is 16.5. The summed E-state index contributed by atoms with van der Waals surface area (Å²) in [6, 6.07) is 13.7. The van der Waals surface area contributed by atoms with Crippen LogP contribution in [0.2, 0.25) is 0 Å². The molecule has 0 bridgehead atoms. The monoisotopic (exact) mass is 452 g/mol. The maximum atomic E-state index is 12.5. The molecule has 0 radical (unpaired) electrons. The number of carbonyl (C=O) groups is 4. The molecule has 1 N–H and O–H groups in total. The second-order valence-electron chi connectivity index (χ2n) is 8.94. The van der Waals surface area contributed by atoms with Gasteiger partial charge in [0.25, 0.3) is 5.91 Å². The van der Waals surface area contributed by atoms with E-state index in [9.17, 15) is 19.2 Å². The van der Waals surface area contributed by atoms with Crippen molar-refractivity contribution in [2.45, 2.75) is 32.6 Å². The predicted octanol–water partition coefficient (Wildman–Crippen LogP) is 2.91. The first-order valence-corrected chi connectivity index (χ1v) is 10.6. The summed E-state index contributed by atoms with van der Waals surface area (Å²) >= 11 is 0. The smallest absolute Gasteiger partial charge is 0.311 e. The number of ether oxygens (including phenoxy) is 2. The molecule has 1 aliphatic rings. The summed E-state index contributed by atoms with van der Waals surface area (Å²) in [6.07, 6.45) is -0.102. The Morgan fingerprint density at radius 2 is 1.76 bits per heavy atom. The number of Topliss-reactive ketones (excluding diaryl/α,β-unsaturated/α-hetero) is 1. The van der Waals surface area contributed by atoms with Crippen molar-refractivity contribution in [1.29, 1.82) is 0 Å². The van der Waals surface area contributed by atoms with Crippen LogP contribution in [0, 0.1) is 5.92 Å². The van der Waals surface area contributed by atoms with Gasteiger partial charge in [-0.3, -0.25) is 29.6 Å². The van der Waals surface area contributed by atoms with Gasteiger partial charge in [0, 0.05) is 17.5 Å². The van der Waals surface area contributed by atoms with E-state index >= 15 is 0 Å². The first-order valence-electron chi connectivity index (χ1n) is 10.6. The van der Waals surface area contributed by atoms with Crippen molar-refractivity contribution in [2.75, 3.05) is 20.3 Å². The van der Waals surface area contributed by atoms with E-state index < -0.39 is 30.3 Å². The SMILES string of the molecule is COc1cccc(C(=O)COC(=O)C2CC(=O)N(NC(=O)c3ccc(C(C)(C)C)cc3)C2)c1. The van der Waals surface area contributed by atoms with E-state index in [1.807, 2.05) is 12.1 Å². The molecule has 8 nitrogen and oxygen atoms in total. The fourth-order valence-corrected chi connectivity index (χ4v) is 3.42. The summed E-state index contributed by atoms with van der Waals surface area (Å²) < 4.78 is 10.2. The molecule has 0 aromatic heterocycles. The molecule has 0 saturated carbocycles. The first-order chi connectivity index (χ1) is 15.6. The standard InChI is InChI=1S/C25H28N2O6/c1-25(2,3)19-10-8-16(9-11-19)23(30)26-27-14-18(13-22(27)29)24(31)33-15-21(28)17-6-5-7-20(12-17)32-4/h5-12,18H,13-15H2,1-4H3,(H,26,30). The summed E-state index contributed by atoms with van der Waals surface area (Å²) in [6.45, 7) is 5.78. The van der Waals surface area contributed by atoms with Gasteiger partial charge in [0.1, 0.15) is 5.75 Å². The second-order valence-corrected chi connectivity index (χ2v) is 8.94. The minimum atomic E-state index is -0.765. The normalized spacial score (nSPS) is 15.8. The van der Waals surface area contributed by atoms with Gasteiger partial charge in [0.2, 0.25) is 5.91 Å². The van der Waals surface area contributed by atoms with Crippen molar-refractivity contribution < 1.29 is 28.7 Å². The Kier molecular flexibility index (Phi) is 7.16. The van der Waals surface area contributed by atoms with Crippen molar-refractivity contribution in [2.24, 2.45) is 5.92 Å². The van der Waals surface area contributed by atoms with E-state index in [1.54, 1.807) is 36.4 Å². The number of carbonyl (C=O) groups excluding carboxylic acids is 4. The number of nitrogens with zero attached hydrogens (tertiary/aromatic N) is 1. The number of ketones is 1. The number of amides is 2. The molecule has 1 heterocycles. The minimum Gasteiger partial charge on any atom is -0.497 e. The Labute approximate surface area is 192 Å². The summed E-state index contributed by atoms with van der Waals surface area (Å²) in [7, 11) is 1.49. The molecule has 1 fully saturated rings. The number of hydrazine groups is 1. The molecule has 0 aliphatic carbocycles. The lowest BCUT2D eigenvalue weighted by atomic mass is 9.87. The molecule has 8 heteroatoms. The third-order valence-corrected chi connectivity index (χ3v) is 5.45. The zero-order valence-corrected chi connectivity index (χ0v) is 19.2. The van der Waals surface area contributed by atoms with Crippen molar-refractivity contribution in [3.63, 3.8) is 0 Å². The zero-order valence-electron chi connectivity index (χ0n) is 19.2. The summed E-state index contributed by atoms with van der Waals surface area (Å²) in [4.78, 5) is 49.5. The third-order valence-electron chi connectivity index (χ3n) is 5.45. The lowest BCUT2D eigenvalue weighted by molar-refractivity contribution is -0.147. The van der Waals surface area contributed by atoms with Gasteiger partial charge in [0.15, 0.2) is 12.4 Å². The molecule has 1 atom stereocenters. The molecule has 3 rings (SSSR count). The number of hydrogen-bond donors (Lipinski definition) is 1. The van der Waals surface area contributed by atoms with Crippen LogP contribution < -0.4 is 10.2 Å². The molecular formula is C25H28N2O6. The van der Waals surface area contributed by atoms with Gasteiger partial charge in [0.05, 0.1) is 19.6 Å². The lowest BCUT2D eigenvalue weighted by Crippen LogP contribution is -2.43. The van der Waals surface area contributed by atoms with Crippen LogP contribution in [0.25, 0.3) is 0 Å². The van der Waals surface area contributed by atoms with Gasteiger partial charge in [-0.2, -0.15) is 0 Å². The fourth-order valence-electron chi connectivity index (χ4n) is 3.42. The number of hydrogen-bond acceptors (Lipinski definition) is 6. The second kappa shape index (κ2) is 9.85. The summed E-state index contributed by atoms with van der Waals surface area (Å²) in [5, 5.41) is 1.12. The molecule has 174 valence electrons. The Balaban J connectivity index is 1.53. The largest absolute Gasteiger partial charge is 0.497 e. The van der Waals surface area contributed by atoms with Crippen molar-refractivity contribution in [1.82, 2.24) is 10.4 Å². The Morgan fingerprint density at radius 1 is 1.06 bits per heavy atom. The van der Waals surface area contributed by atoms with Crippen LogP contribution in [-0.4, -0.2) is 48.8 Å². The number of rotatable bonds is 7. The van der Waals surface area contributed by atoms with Crippen LogP contribution in [0.5, 0.6) is 5.75 Å². The predicted molar refractivity (Wildman–Crippen MR) is 121 cm³/mol. The summed E-state index contributed by atoms with van der Waals surface area (Å²) in [5.41, 5.74) is 4.36. The molecule has 33 heavy (non-hydrogen) atoms. The maximum Gasteiger partial charge on any atom is 0.311 e. The van der Waals surface area contributed by atoms with E-state index in [0.717, 1.165) is 10.6 Å². The number of esters is 1. The number of methoxy groups -OCH3 is 1. The lowest BCUT2D eigenvalue weighted by Gasteiger charge is -2.20. The van der Waals surface area contributed by atoms with Crippen molar-refractivity contribution >= 4 is 23.6 Å². The molecule has 2 aromatic carbocycles. The highest BCUT2D eigenvalue weighted by molar-refractivity contribution is 5.99. The summed E-state index contributed by atoms with van der Waals surface area (Å²) in [5.74, 6) is -2.12. The quantitative estimate of drug-likeness (QED) is 0.512. The molecule has 2 aromatic rings. The van der Waals surface area contributed by atoms with Crippen LogP contribution in [0.15, 0.2) is 48.5 Å². The maximum absolute atomic E-state index is 12.5. The number of benzene rings is 2. The highest BCUT2D eigenvalue weighted by Gasteiger charge is 2.36. The highest BCUT2D eigenvalue weighted by Crippen LogP contribution is 2.23. The van der Waals surface area contributed by atoms with E-state index in [0.29, 0.717) is 16.9 Å². The molecule has 1 aliphatic heterocycles. The fraction of sp³-hybridized carbons (Fsp3) is 0.360. The van der Waals surface area contributed by atoms with Crippen LogP contribution in [0.3, 0.4) is 0 Å². The van der Waals surface area contributed by atoms with Crippen LogP contribution in [0.4, 0.5) is 0 Å². The van der Waals surface area contributed by atoms with E-state index in [2.05, 4.69) is 26.2 Å². The average molecular weight is 453 g/mol. The van der Waals surface area contributed by atoms with Gasteiger partial charge in [-0.1, -0.05) is 45.0 Å². The molecule has 1 saturated heterocycles. The topological polar surface area (TPSA) is 102 Å². The van der Waals surface area contributed by atoms with E-state index in [1.165, 1.54) is 7.11 Å². The van der Waals surface area contributed by atoms with Gasteiger partial charge < -0.3 is 9.47 Å². The number of nitrogens with one attached hydrogen (secondary N) is 1. The van der Waals surface area contributed by atoms with Gasteiger partial charge in [-0.15, -0.1) is 0 Å². The van der Waals surface area contributed by atoms with Crippen LogP contribution in [-0.2, 0) is 19.7 Å². The van der Waals surface area contributed by atoms with Crippen molar-refractivity contribution in [3.05, 3.63) is 65.2 Å². The first kappa shape index (κ1) is 24.0. The van der Waals surface area contributed by atoms with Crippen LogP contribution in [0.1, 0.15) is 53.5 Å². The Hall–Kier alpha value is -3.68. The molecule has 0 spiro atoms. The zero-order chi connectivity index (χ0) is 24.2. The molecule has 1 unspecified atom stereocenters.